The Morgan fingerprint density at radius 3 is 2.44 bits per heavy atom. The standard InChI is InChI=1S/C11H11N5O2/c1-2-4-16(5-3-1)8-6-7-9(13-17-12-7)11-10(8)14-18-15-11/h6H,1-5H2. The molecule has 0 atom stereocenters. The number of rotatable bonds is 1. The van der Waals surface area contributed by atoms with Crippen LogP contribution < -0.4 is 4.90 Å². The van der Waals surface area contributed by atoms with Crippen molar-refractivity contribution in [2.75, 3.05) is 18.0 Å². The van der Waals surface area contributed by atoms with E-state index < -0.39 is 0 Å². The van der Waals surface area contributed by atoms with Gasteiger partial charge in [0.15, 0.2) is 16.6 Å². The number of piperidine rings is 1. The summed E-state index contributed by atoms with van der Waals surface area (Å²) in [7, 11) is 0. The van der Waals surface area contributed by atoms with E-state index in [1.54, 1.807) is 0 Å². The number of fused-ring (bicyclic) bond motifs is 3. The Hall–Kier alpha value is -2.18. The third-order valence-electron chi connectivity index (χ3n) is 3.44. The second kappa shape index (κ2) is 3.66. The van der Waals surface area contributed by atoms with Crippen LogP contribution in [0.5, 0.6) is 0 Å². The van der Waals surface area contributed by atoms with Gasteiger partial charge in [-0.05, 0) is 46.0 Å². The normalized spacial score (nSPS) is 16.8. The predicted octanol–water partition coefficient (Wildman–Crippen LogP) is 1.75. The minimum Gasteiger partial charge on any atom is -0.370 e. The number of nitrogens with zero attached hydrogens (tertiary/aromatic N) is 5. The summed E-state index contributed by atoms with van der Waals surface area (Å²) in [6.45, 7) is 2.05. The Labute approximate surface area is 102 Å². The molecule has 18 heavy (non-hydrogen) atoms. The molecule has 1 fully saturated rings. The highest BCUT2D eigenvalue weighted by atomic mass is 16.6. The first kappa shape index (κ1) is 9.81. The molecule has 0 aliphatic carbocycles. The number of hydrogen-bond donors (Lipinski definition) is 0. The van der Waals surface area contributed by atoms with E-state index >= 15 is 0 Å². The van der Waals surface area contributed by atoms with Gasteiger partial charge in [-0.1, -0.05) is 0 Å². The van der Waals surface area contributed by atoms with Crippen LogP contribution in [-0.2, 0) is 0 Å². The maximum Gasteiger partial charge on any atom is 0.168 e. The van der Waals surface area contributed by atoms with Gasteiger partial charge < -0.3 is 4.90 Å². The lowest BCUT2D eigenvalue weighted by Gasteiger charge is -2.28. The molecule has 0 saturated carbocycles. The molecule has 1 aromatic carbocycles. The van der Waals surface area contributed by atoms with E-state index in [2.05, 4.69) is 25.5 Å². The first-order valence-electron chi connectivity index (χ1n) is 6.06. The summed E-state index contributed by atoms with van der Waals surface area (Å²) in [5.74, 6) is 0. The van der Waals surface area contributed by atoms with Crippen molar-refractivity contribution in [3.63, 3.8) is 0 Å². The fraction of sp³-hybridized carbons (Fsp3) is 0.455. The molecule has 92 valence electrons. The Balaban J connectivity index is 1.97. The van der Waals surface area contributed by atoms with Gasteiger partial charge in [0.1, 0.15) is 5.52 Å². The van der Waals surface area contributed by atoms with Gasteiger partial charge >= 0.3 is 0 Å². The molecule has 0 radical (unpaired) electrons. The average Bonchev–Trinajstić information content (AvgIpc) is 3.06. The van der Waals surface area contributed by atoms with Crippen LogP contribution in [0.3, 0.4) is 0 Å². The van der Waals surface area contributed by atoms with E-state index in [1.165, 1.54) is 19.3 Å². The SMILES string of the molecule is c1c(N2CCCCC2)c2nonc2c2nonc12. The molecule has 0 spiro atoms. The lowest BCUT2D eigenvalue weighted by Crippen LogP contribution is -2.29. The van der Waals surface area contributed by atoms with Crippen molar-refractivity contribution in [3.8, 4) is 0 Å². The summed E-state index contributed by atoms with van der Waals surface area (Å²) in [5, 5.41) is 15.6. The lowest BCUT2D eigenvalue weighted by molar-refractivity contribution is 0.312. The summed E-state index contributed by atoms with van der Waals surface area (Å²) in [5.41, 5.74) is 3.66. The third kappa shape index (κ3) is 1.30. The molecular weight excluding hydrogens is 234 g/mol. The Bertz CT molecular complexity index is 698. The van der Waals surface area contributed by atoms with Crippen LogP contribution in [0.1, 0.15) is 19.3 Å². The molecule has 4 rings (SSSR count). The second-order valence-corrected chi connectivity index (χ2v) is 4.54. The molecule has 7 nitrogen and oxygen atoms in total. The van der Waals surface area contributed by atoms with Crippen LogP contribution in [0.25, 0.3) is 22.1 Å². The highest BCUT2D eigenvalue weighted by Gasteiger charge is 2.20. The topological polar surface area (TPSA) is 81.1 Å². The van der Waals surface area contributed by atoms with E-state index in [9.17, 15) is 0 Å². The molecule has 1 aliphatic rings. The largest absolute Gasteiger partial charge is 0.370 e. The van der Waals surface area contributed by atoms with Crippen molar-refractivity contribution >= 4 is 27.8 Å². The van der Waals surface area contributed by atoms with Crippen molar-refractivity contribution in [2.24, 2.45) is 0 Å². The molecule has 0 amide bonds. The van der Waals surface area contributed by atoms with E-state index in [0.29, 0.717) is 16.6 Å². The average molecular weight is 245 g/mol. The zero-order chi connectivity index (χ0) is 11.9. The van der Waals surface area contributed by atoms with Gasteiger partial charge in [-0.25, -0.2) is 9.26 Å². The third-order valence-corrected chi connectivity index (χ3v) is 3.44. The summed E-state index contributed by atoms with van der Waals surface area (Å²) < 4.78 is 9.59. The first-order chi connectivity index (χ1) is 8.93. The Morgan fingerprint density at radius 1 is 0.833 bits per heavy atom. The highest BCUT2D eigenvalue weighted by molar-refractivity contribution is 6.05. The fourth-order valence-corrected chi connectivity index (χ4v) is 2.54. The smallest absolute Gasteiger partial charge is 0.168 e. The quantitative estimate of drug-likeness (QED) is 0.645. The summed E-state index contributed by atoms with van der Waals surface area (Å²) in [6.07, 6.45) is 3.67. The Morgan fingerprint density at radius 2 is 1.56 bits per heavy atom. The number of benzene rings is 1. The van der Waals surface area contributed by atoms with Crippen LogP contribution in [0.2, 0.25) is 0 Å². The van der Waals surface area contributed by atoms with Gasteiger partial charge in [0.05, 0.1) is 5.69 Å². The fourth-order valence-electron chi connectivity index (χ4n) is 2.54. The predicted molar refractivity (Wildman–Crippen MR) is 63.2 cm³/mol. The van der Waals surface area contributed by atoms with E-state index in [-0.39, 0.29) is 0 Å². The lowest BCUT2D eigenvalue weighted by atomic mass is 10.1. The van der Waals surface area contributed by atoms with Crippen LogP contribution in [0.15, 0.2) is 15.3 Å². The van der Waals surface area contributed by atoms with Crippen molar-refractivity contribution in [2.45, 2.75) is 19.3 Å². The first-order valence-corrected chi connectivity index (χ1v) is 6.06. The maximum atomic E-state index is 4.84. The highest BCUT2D eigenvalue weighted by Crippen LogP contribution is 2.31. The zero-order valence-corrected chi connectivity index (χ0v) is 9.67. The monoisotopic (exact) mass is 245 g/mol. The molecule has 0 unspecified atom stereocenters. The van der Waals surface area contributed by atoms with Gasteiger partial charge in [0, 0.05) is 13.1 Å². The van der Waals surface area contributed by atoms with E-state index in [0.717, 1.165) is 24.3 Å². The van der Waals surface area contributed by atoms with Crippen LogP contribution >= 0.6 is 0 Å². The summed E-state index contributed by atoms with van der Waals surface area (Å²) in [4.78, 5) is 2.30. The van der Waals surface area contributed by atoms with Crippen molar-refractivity contribution in [1.82, 2.24) is 20.6 Å². The number of hydrogen-bond acceptors (Lipinski definition) is 7. The minimum absolute atomic E-state index is 0.604. The molecule has 7 heteroatoms. The van der Waals surface area contributed by atoms with Crippen LogP contribution in [-0.4, -0.2) is 33.7 Å². The van der Waals surface area contributed by atoms with Gasteiger partial charge in [0.25, 0.3) is 0 Å². The zero-order valence-electron chi connectivity index (χ0n) is 9.67. The van der Waals surface area contributed by atoms with Crippen LogP contribution in [0.4, 0.5) is 5.69 Å². The summed E-state index contributed by atoms with van der Waals surface area (Å²) in [6, 6.07) is 1.95. The van der Waals surface area contributed by atoms with Crippen molar-refractivity contribution in [1.29, 1.82) is 0 Å². The second-order valence-electron chi connectivity index (χ2n) is 4.54. The molecule has 0 N–H and O–H groups in total. The van der Waals surface area contributed by atoms with Gasteiger partial charge in [-0.2, -0.15) is 0 Å². The number of aromatic nitrogens is 4. The molecule has 1 aliphatic heterocycles. The minimum atomic E-state index is 0.604. The maximum absolute atomic E-state index is 4.84. The van der Waals surface area contributed by atoms with E-state index in [1.807, 2.05) is 6.07 Å². The van der Waals surface area contributed by atoms with E-state index in [4.69, 9.17) is 9.26 Å². The van der Waals surface area contributed by atoms with Crippen molar-refractivity contribution in [3.05, 3.63) is 6.07 Å². The van der Waals surface area contributed by atoms with Crippen LogP contribution in [0, 0.1) is 0 Å². The molecular formula is C11H11N5O2. The molecule has 3 aromatic rings. The van der Waals surface area contributed by atoms with Gasteiger partial charge in [-0.15, -0.1) is 0 Å². The van der Waals surface area contributed by atoms with Gasteiger partial charge in [0.2, 0.25) is 0 Å². The number of anilines is 1. The summed E-state index contributed by atoms with van der Waals surface area (Å²) >= 11 is 0. The van der Waals surface area contributed by atoms with Crippen molar-refractivity contribution < 1.29 is 9.26 Å². The molecule has 1 saturated heterocycles. The molecule has 2 aromatic heterocycles. The molecule has 0 bridgehead atoms. The Kier molecular flexibility index (Phi) is 1.99. The molecule has 3 heterocycles. The van der Waals surface area contributed by atoms with Gasteiger partial charge in [-0.3, -0.25) is 0 Å².